The molecular formula is C29H24BrNO. The minimum absolute atomic E-state index is 0.412. The van der Waals surface area contributed by atoms with Crippen molar-refractivity contribution in [2.24, 2.45) is 0 Å². The van der Waals surface area contributed by atoms with E-state index in [1.165, 1.54) is 33.6 Å². The van der Waals surface area contributed by atoms with Gasteiger partial charge in [0, 0.05) is 34.4 Å². The molecule has 0 saturated heterocycles. The Labute approximate surface area is 197 Å². The lowest BCUT2D eigenvalue weighted by molar-refractivity contribution is 0.433. The smallest absolute Gasteiger partial charge is 0.132 e. The normalized spacial score (nSPS) is 14.7. The first kappa shape index (κ1) is 19.6. The van der Waals surface area contributed by atoms with Gasteiger partial charge in [-0.05, 0) is 48.2 Å². The predicted molar refractivity (Wildman–Crippen MR) is 135 cm³/mol. The number of hydrogen-bond acceptors (Lipinski definition) is 2. The number of benzene rings is 4. The molecule has 0 atom stereocenters. The van der Waals surface area contributed by atoms with Crippen molar-refractivity contribution < 1.29 is 4.74 Å². The molecule has 6 rings (SSSR count). The van der Waals surface area contributed by atoms with E-state index < -0.39 is 5.41 Å². The molecule has 0 saturated carbocycles. The summed E-state index contributed by atoms with van der Waals surface area (Å²) in [4.78, 5) is 2.51. The number of alkyl halides is 1. The summed E-state index contributed by atoms with van der Waals surface area (Å²) in [6.07, 6.45) is 2.29. The number of halogens is 1. The third kappa shape index (κ3) is 2.70. The summed E-state index contributed by atoms with van der Waals surface area (Å²) in [5.74, 6) is 1.87. The van der Waals surface area contributed by atoms with Gasteiger partial charge in [-0.3, -0.25) is 0 Å². The van der Waals surface area contributed by atoms with E-state index in [1.54, 1.807) is 0 Å². The van der Waals surface area contributed by atoms with Crippen LogP contribution in [0.25, 0.3) is 0 Å². The zero-order valence-electron chi connectivity index (χ0n) is 17.8. The lowest BCUT2D eigenvalue weighted by Gasteiger charge is -2.48. The number of anilines is 2. The summed E-state index contributed by atoms with van der Waals surface area (Å²) in [6, 6.07) is 34.9. The zero-order chi connectivity index (χ0) is 21.5. The molecule has 32 heavy (non-hydrogen) atoms. The third-order valence-electron chi connectivity index (χ3n) is 6.77. The van der Waals surface area contributed by atoms with Gasteiger partial charge in [0.25, 0.3) is 0 Å². The maximum Gasteiger partial charge on any atom is 0.132 e. The molecule has 0 unspecified atom stereocenters. The van der Waals surface area contributed by atoms with E-state index in [2.05, 4.69) is 118 Å². The summed E-state index contributed by atoms with van der Waals surface area (Å²) in [5, 5.41) is 1.03. The van der Waals surface area contributed by atoms with Crippen molar-refractivity contribution in [3.63, 3.8) is 0 Å². The monoisotopic (exact) mass is 481 g/mol. The van der Waals surface area contributed by atoms with Crippen LogP contribution < -0.4 is 9.64 Å². The van der Waals surface area contributed by atoms with Gasteiger partial charge in [-0.1, -0.05) is 88.7 Å². The van der Waals surface area contributed by atoms with Crippen LogP contribution in [0.1, 0.15) is 35.1 Å². The molecule has 4 aromatic rings. The van der Waals surface area contributed by atoms with Gasteiger partial charge in [-0.15, -0.1) is 0 Å². The van der Waals surface area contributed by atoms with E-state index in [4.69, 9.17) is 4.74 Å². The molecule has 2 nitrogen and oxygen atoms in total. The highest BCUT2D eigenvalue weighted by Gasteiger charge is 2.50. The highest BCUT2D eigenvalue weighted by molar-refractivity contribution is 9.09. The summed E-state index contributed by atoms with van der Waals surface area (Å²) in [6.45, 7) is 0.996. The van der Waals surface area contributed by atoms with E-state index in [1.807, 2.05) is 0 Å². The molecule has 4 aromatic carbocycles. The third-order valence-corrected chi connectivity index (χ3v) is 7.33. The van der Waals surface area contributed by atoms with Gasteiger partial charge in [0.15, 0.2) is 0 Å². The number of hydrogen-bond donors (Lipinski definition) is 0. The summed E-state index contributed by atoms with van der Waals surface area (Å²) in [5.41, 5.74) is 7.21. The van der Waals surface area contributed by atoms with Crippen molar-refractivity contribution >= 4 is 27.3 Å². The van der Waals surface area contributed by atoms with Crippen molar-refractivity contribution in [3.8, 4) is 11.5 Å². The number of rotatable bonds is 4. The first-order chi connectivity index (χ1) is 15.9. The minimum Gasteiger partial charge on any atom is -0.457 e. The Morgan fingerprint density at radius 3 is 1.59 bits per heavy atom. The Kier molecular flexibility index (Phi) is 4.80. The van der Waals surface area contributed by atoms with Crippen LogP contribution in [0.3, 0.4) is 0 Å². The van der Waals surface area contributed by atoms with E-state index in [-0.39, 0.29) is 0 Å². The predicted octanol–water partition coefficient (Wildman–Crippen LogP) is 7.80. The Bertz CT molecular complexity index is 1200. The van der Waals surface area contributed by atoms with Gasteiger partial charge >= 0.3 is 0 Å². The fourth-order valence-electron chi connectivity index (χ4n) is 5.51. The van der Waals surface area contributed by atoms with Gasteiger partial charge in [0.05, 0.1) is 5.41 Å². The van der Waals surface area contributed by atoms with Gasteiger partial charge in [-0.25, -0.2) is 0 Å². The summed E-state index contributed by atoms with van der Waals surface area (Å²) < 4.78 is 6.42. The van der Waals surface area contributed by atoms with E-state index in [9.17, 15) is 0 Å². The molecule has 0 amide bonds. The fraction of sp³-hybridized carbons (Fsp3) is 0.172. The maximum absolute atomic E-state index is 6.42. The molecule has 0 radical (unpaired) electrons. The molecule has 158 valence electrons. The van der Waals surface area contributed by atoms with Crippen molar-refractivity contribution in [3.05, 3.63) is 119 Å². The molecule has 2 heterocycles. The lowest BCUT2D eigenvalue weighted by atomic mass is 9.61. The standard InChI is InChI=1S/C29H24BrNO/c30-19-9-10-20-31-25-15-5-1-11-21(25)29(22-12-2-6-16-26(22)31)23-13-3-7-17-27(23)32-28-18-8-4-14-24(28)29/h1-8,11-18H,9-10,19-20H2. The summed E-state index contributed by atoms with van der Waals surface area (Å²) in [7, 11) is 0. The molecule has 2 aliphatic heterocycles. The average molecular weight is 482 g/mol. The second-order valence-corrected chi connectivity index (χ2v) is 9.22. The first-order valence-electron chi connectivity index (χ1n) is 11.2. The Morgan fingerprint density at radius 1 is 0.594 bits per heavy atom. The molecule has 0 aliphatic carbocycles. The van der Waals surface area contributed by atoms with Gasteiger partial charge < -0.3 is 9.64 Å². The Morgan fingerprint density at radius 2 is 1.06 bits per heavy atom. The number of fused-ring (bicyclic) bond motifs is 8. The topological polar surface area (TPSA) is 12.5 Å². The van der Waals surface area contributed by atoms with E-state index >= 15 is 0 Å². The van der Waals surface area contributed by atoms with Crippen LogP contribution in [-0.2, 0) is 5.41 Å². The molecule has 0 bridgehead atoms. The maximum atomic E-state index is 6.42. The molecule has 0 N–H and O–H groups in total. The Hall–Kier alpha value is -3.04. The van der Waals surface area contributed by atoms with Gasteiger partial charge in [0.1, 0.15) is 11.5 Å². The second kappa shape index (κ2) is 7.83. The van der Waals surface area contributed by atoms with Crippen molar-refractivity contribution in [1.82, 2.24) is 0 Å². The molecule has 0 aromatic heterocycles. The summed E-state index contributed by atoms with van der Waals surface area (Å²) >= 11 is 3.60. The molecule has 0 fully saturated rings. The van der Waals surface area contributed by atoms with E-state index in [0.717, 1.165) is 36.2 Å². The number of ether oxygens (including phenoxy) is 1. The van der Waals surface area contributed by atoms with Crippen LogP contribution in [0.5, 0.6) is 11.5 Å². The fourth-order valence-corrected chi connectivity index (χ4v) is 5.90. The van der Waals surface area contributed by atoms with Gasteiger partial charge in [0.2, 0.25) is 0 Å². The van der Waals surface area contributed by atoms with Crippen LogP contribution in [0.2, 0.25) is 0 Å². The van der Waals surface area contributed by atoms with E-state index in [0.29, 0.717) is 0 Å². The molecule has 3 heteroatoms. The number of para-hydroxylation sites is 4. The molecular weight excluding hydrogens is 458 g/mol. The highest BCUT2D eigenvalue weighted by atomic mass is 79.9. The largest absolute Gasteiger partial charge is 0.457 e. The van der Waals surface area contributed by atoms with Crippen LogP contribution in [-0.4, -0.2) is 11.9 Å². The van der Waals surface area contributed by atoms with Crippen molar-refractivity contribution in [2.45, 2.75) is 18.3 Å². The van der Waals surface area contributed by atoms with Crippen LogP contribution in [0.4, 0.5) is 11.4 Å². The lowest BCUT2D eigenvalue weighted by Crippen LogP contribution is -2.41. The number of nitrogens with zero attached hydrogens (tertiary/aromatic N) is 1. The quantitative estimate of drug-likeness (QED) is 0.191. The minimum atomic E-state index is -0.412. The Balaban J connectivity index is 1.72. The second-order valence-electron chi connectivity index (χ2n) is 8.43. The zero-order valence-corrected chi connectivity index (χ0v) is 19.4. The first-order valence-corrected chi connectivity index (χ1v) is 12.4. The van der Waals surface area contributed by atoms with Crippen LogP contribution in [0.15, 0.2) is 97.1 Å². The number of unbranched alkanes of at least 4 members (excludes halogenated alkanes) is 1. The molecule has 2 aliphatic rings. The van der Waals surface area contributed by atoms with Crippen molar-refractivity contribution in [2.75, 3.05) is 16.8 Å². The molecule has 1 spiro atoms. The van der Waals surface area contributed by atoms with Crippen molar-refractivity contribution in [1.29, 1.82) is 0 Å². The van der Waals surface area contributed by atoms with Crippen LogP contribution >= 0.6 is 15.9 Å². The SMILES string of the molecule is BrCCCCN1c2ccccc2C2(c3ccccc3Oc3ccccc32)c2ccccc21. The average Bonchev–Trinajstić information content (AvgIpc) is 2.85. The van der Waals surface area contributed by atoms with Gasteiger partial charge in [-0.2, -0.15) is 0 Å². The van der Waals surface area contributed by atoms with Crippen LogP contribution in [0, 0.1) is 0 Å². The highest BCUT2D eigenvalue weighted by Crippen LogP contribution is 2.61.